The molecule has 6 nitrogen and oxygen atoms in total. The minimum Gasteiger partial charge on any atom is -0.487 e. The number of hydrogen-bond acceptors (Lipinski definition) is 4. The van der Waals surface area contributed by atoms with E-state index < -0.39 is 0 Å². The van der Waals surface area contributed by atoms with Gasteiger partial charge in [0.2, 0.25) is 11.8 Å². The number of carbonyl (C=O) groups is 2. The Balaban J connectivity index is 1.49. The molecule has 0 heterocycles. The number of nitrogens with one attached hydrogen (secondary N) is 3. The van der Waals surface area contributed by atoms with Crippen LogP contribution in [0.2, 0.25) is 0 Å². The van der Waals surface area contributed by atoms with E-state index in [1.54, 1.807) is 0 Å². The average molecular weight is 432 g/mol. The van der Waals surface area contributed by atoms with Gasteiger partial charge >= 0.3 is 0 Å². The Bertz CT molecular complexity index is 1020. The summed E-state index contributed by atoms with van der Waals surface area (Å²) in [4.78, 5) is 24.3. The van der Waals surface area contributed by atoms with E-state index in [1.807, 2.05) is 92.7 Å². The zero-order chi connectivity index (χ0) is 22.8. The summed E-state index contributed by atoms with van der Waals surface area (Å²) >= 11 is 0. The molecule has 3 rings (SSSR count). The first-order valence-corrected chi connectivity index (χ1v) is 10.7. The van der Waals surface area contributed by atoms with E-state index in [2.05, 4.69) is 16.0 Å². The Labute approximate surface area is 189 Å². The van der Waals surface area contributed by atoms with Gasteiger partial charge in [0.15, 0.2) is 0 Å². The quantitative estimate of drug-likeness (QED) is 0.407. The lowest BCUT2D eigenvalue weighted by Gasteiger charge is -2.13. The van der Waals surface area contributed by atoms with E-state index in [0.29, 0.717) is 30.4 Å². The fourth-order valence-electron chi connectivity index (χ4n) is 3.06. The molecule has 0 aromatic heterocycles. The number of para-hydroxylation sites is 2. The van der Waals surface area contributed by atoms with E-state index in [9.17, 15) is 9.59 Å². The highest BCUT2D eigenvalue weighted by molar-refractivity contribution is 5.95. The number of rotatable bonds is 10. The first-order valence-electron chi connectivity index (χ1n) is 10.7. The second-order valence-corrected chi connectivity index (χ2v) is 7.90. The van der Waals surface area contributed by atoms with Crippen molar-refractivity contribution >= 4 is 28.9 Å². The number of ether oxygens (including phenoxy) is 1. The van der Waals surface area contributed by atoms with Crippen LogP contribution in [0.1, 0.15) is 25.8 Å². The molecule has 0 spiro atoms. The number of benzene rings is 3. The van der Waals surface area contributed by atoms with Crippen molar-refractivity contribution in [2.75, 3.05) is 22.5 Å². The molecule has 0 unspecified atom stereocenters. The van der Waals surface area contributed by atoms with E-state index >= 15 is 0 Å². The third-order valence-electron chi connectivity index (χ3n) is 4.61. The van der Waals surface area contributed by atoms with Crippen LogP contribution < -0.4 is 20.7 Å². The zero-order valence-corrected chi connectivity index (χ0v) is 18.4. The number of carbonyl (C=O) groups excluding carboxylic acids is 2. The van der Waals surface area contributed by atoms with Gasteiger partial charge in [0.1, 0.15) is 12.4 Å². The zero-order valence-electron chi connectivity index (χ0n) is 18.4. The second-order valence-electron chi connectivity index (χ2n) is 7.90. The van der Waals surface area contributed by atoms with Gasteiger partial charge in [-0.05, 0) is 47.9 Å². The summed E-state index contributed by atoms with van der Waals surface area (Å²) < 4.78 is 5.89. The van der Waals surface area contributed by atoms with Crippen LogP contribution in [0.25, 0.3) is 0 Å². The molecule has 32 heavy (non-hydrogen) atoms. The third-order valence-corrected chi connectivity index (χ3v) is 4.61. The number of anilines is 3. The molecule has 0 atom stereocenters. The van der Waals surface area contributed by atoms with Gasteiger partial charge in [0, 0.05) is 17.8 Å². The van der Waals surface area contributed by atoms with Gasteiger partial charge in [-0.1, -0.05) is 56.3 Å². The lowest BCUT2D eigenvalue weighted by molar-refractivity contribution is -0.117. The van der Waals surface area contributed by atoms with Crippen molar-refractivity contribution in [3.05, 3.63) is 84.4 Å². The molecule has 0 aliphatic heterocycles. The summed E-state index contributed by atoms with van der Waals surface area (Å²) in [6.45, 7) is 4.54. The summed E-state index contributed by atoms with van der Waals surface area (Å²) in [6, 6.07) is 24.5. The first kappa shape index (κ1) is 22.9. The molecule has 0 bridgehead atoms. The van der Waals surface area contributed by atoms with Gasteiger partial charge in [-0.3, -0.25) is 9.59 Å². The molecule has 0 saturated carbocycles. The minimum absolute atomic E-state index is 0.00626. The van der Waals surface area contributed by atoms with E-state index in [-0.39, 0.29) is 18.4 Å². The molecule has 0 fully saturated rings. The highest BCUT2D eigenvalue weighted by Crippen LogP contribution is 2.24. The molecule has 0 radical (unpaired) electrons. The molecule has 0 saturated heterocycles. The maximum Gasteiger partial charge on any atom is 0.243 e. The summed E-state index contributed by atoms with van der Waals surface area (Å²) in [5, 5.41) is 8.85. The van der Waals surface area contributed by atoms with Crippen LogP contribution in [0.15, 0.2) is 78.9 Å². The number of amides is 2. The SMILES string of the molecule is CC(C)CC(=O)Nc1ccc(NCC(=O)Nc2ccccc2OCc2ccccc2)cc1. The summed E-state index contributed by atoms with van der Waals surface area (Å²) in [7, 11) is 0. The van der Waals surface area contributed by atoms with Crippen LogP contribution in [0.5, 0.6) is 5.75 Å². The molecule has 2 amide bonds. The molecule has 6 heteroatoms. The highest BCUT2D eigenvalue weighted by atomic mass is 16.5. The smallest absolute Gasteiger partial charge is 0.243 e. The Kier molecular flexibility index (Phi) is 8.26. The molecular formula is C26H29N3O3. The molecule has 3 aromatic rings. The molecule has 3 aromatic carbocycles. The largest absolute Gasteiger partial charge is 0.487 e. The maximum atomic E-state index is 12.4. The van der Waals surface area contributed by atoms with Crippen LogP contribution in [-0.4, -0.2) is 18.4 Å². The molecule has 0 aliphatic rings. The van der Waals surface area contributed by atoms with Gasteiger partial charge in [-0.25, -0.2) is 0 Å². The third kappa shape index (κ3) is 7.47. The Morgan fingerprint density at radius 2 is 1.44 bits per heavy atom. The van der Waals surface area contributed by atoms with Gasteiger partial charge in [-0.15, -0.1) is 0 Å². The molecule has 166 valence electrons. The Morgan fingerprint density at radius 1 is 0.781 bits per heavy atom. The lowest BCUT2D eigenvalue weighted by Crippen LogP contribution is -2.22. The lowest BCUT2D eigenvalue weighted by atomic mass is 10.1. The Hall–Kier alpha value is -3.80. The summed E-state index contributed by atoms with van der Waals surface area (Å²) in [6.07, 6.45) is 0.483. The minimum atomic E-state index is -0.185. The average Bonchev–Trinajstić information content (AvgIpc) is 2.78. The maximum absolute atomic E-state index is 12.4. The van der Waals surface area contributed by atoms with Gasteiger partial charge in [0.05, 0.1) is 12.2 Å². The van der Waals surface area contributed by atoms with Crippen molar-refractivity contribution in [3.63, 3.8) is 0 Å². The van der Waals surface area contributed by atoms with Gasteiger partial charge in [0.25, 0.3) is 0 Å². The van der Waals surface area contributed by atoms with E-state index in [4.69, 9.17) is 4.74 Å². The molecular weight excluding hydrogens is 402 g/mol. The normalized spacial score (nSPS) is 10.5. The van der Waals surface area contributed by atoms with Crippen molar-refractivity contribution in [1.82, 2.24) is 0 Å². The van der Waals surface area contributed by atoms with Crippen LogP contribution in [0.3, 0.4) is 0 Å². The predicted molar refractivity (Wildman–Crippen MR) is 129 cm³/mol. The van der Waals surface area contributed by atoms with Gasteiger partial charge < -0.3 is 20.7 Å². The van der Waals surface area contributed by atoms with Crippen molar-refractivity contribution in [2.24, 2.45) is 5.92 Å². The van der Waals surface area contributed by atoms with Gasteiger partial charge in [-0.2, -0.15) is 0 Å². The first-order chi connectivity index (χ1) is 15.5. The van der Waals surface area contributed by atoms with Crippen LogP contribution >= 0.6 is 0 Å². The molecule has 3 N–H and O–H groups in total. The van der Waals surface area contributed by atoms with Crippen molar-refractivity contribution in [2.45, 2.75) is 26.9 Å². The Morgan fingerprint density at radius 3 is 2.16 bits per heavy atom. The van der Waals surface area contributed by atoms with Crippen molar-refractivity contribution in [1.29, 1.82) is 0 Å². The monoisotopic (exact) mass is 431 g/mol. The van der Waals surface area contributed by atoms with E-state index in [0.717, 1.165) is 16.9 Å². The van der Waals surface area contributed by atoms with Crippen LogP contribution in [0.4, 0.5) is 17.1 Å². The number of hydrogen-bond donors (Lipinski definition) is 3. The van der Waals surface area contributed by atoms with Crippen LogP contribution in [0, 0.1) is 5.92 Å². The molecule has 0 aliphatic carbocycles. The van der Waals surface area contributed by atoms with E-state index in [1.165, 1.54) is 0 Å². The van der Waals surface area contributed by atoms with Crippen LogP contribution in [-0.2, 0) is 16.2 Å². The highest BCUT2D eigenvalue weighted by Gasteiger charge is 2.09. The van der Waals surface area contributed by atoms with Crippen molar-refractivity contribution < 1.29 is 14.3 Å². The second kappa shape index (κ2) is 11.6. The van der Waals surface area contributed by atoms with Crippen molar-refractivity contribution in [3.8, 4) is 5.75 Å². The predicted octanol–water partition coefficient (Wildman–Crippen LogP) is 5.30. The fourth-order valence-corrected chi connectivity index (χ4v) is 3.06. The summed E-state index contributed by atoms with van der Waals surface area (Å²) in [5.74, 6) is 0.734. The topological polar surface area (TPSA) is 79.5 Å². The fraction of sp³-hybridized carbons (Fsp3) is 0.231. The summed E-state index contributed by atoms with van der Waals surface area (Å²) in [5.41, 5.74) is 3.20. The standard InChI is InChI=1S/C26H29N3O3/c1-19(2)16-25(30)28-22-14-12-21(13-15-22)27-17-26(31)29-23-10-6-7-11-24(23)32-18-20-8-4-3-5-9-20/h3-15,19,27H,16-18H2,1-2H3,(H,28,30)(H,29,31).